The normalized spacial score (nSPS) is 21.6. The van der Waals surface area contributed by atoms with E-state index in [9.17, 15) is 14.7 Å². The number of carbonyl (C=O) groups is 2. The number of aryl methyl sites for hydroxylation is 1. The number of anilines is 1. The van der Waals surface area contributed by atoms with Gasteiger partial charge in [-0.15, -0.1) is 0 Å². The zero-order chi connectivity index (χ0) is 13.6. The molecule has 1 saturated heterocycles. The molecule has 4 nitrogen and oxygen atoms in total. The number of hydrogen-bond donors (Lipinski definition) is 1. The molecule has 1 heterocycles. The maximum atomic E-state index is 12.6. The highest BCUT2D eigenvalue weighted by atomic mass is 16.3. The second-order valence-corrected chi connectivity index (χ2v) is 5.67. The minimum Gasteiger partial charge on any atom is -0.508 e. The van der Waals surface area contributed by atoms with Crippen LogP contribution >= 0.6 is 0 Å². The van der Waals surface area contributed by atoms with Crippen LogP contribution < -0.4 is 4.90 Å². The van der Waals surface area contributed by atoms with Gasteiger partial charge in [0.1, 0.15) is 5.75 Å². The van der Waals surface area contributed by atoms with Crippen molar-refractivity contribution in [2.45, 2.75) is 39.0 Å². The Hall–Kier alpha value is -1.84. The van der Waals surface area contributed by atoms with Crippen LogP contribution in [0.25, 0.3) is 0 Å². The molecule has 1 aromatic carbocycles. The van der Waals surface area contributed by atoms with Crippen LogP contribution in [0.15, 0.2) is 18.2 Å². The van der Waals surface area contributed by atoms with Crippen LogP contribution in [0.1, 0.15) is 37.7 Å². The molecule has 0 bridgehead atoms. The van der Waals surface area contributed by atoms with Gasteiger partial charge in [0.05, 0.1) is 11.1 Å². The van der Waals surface area contributed by atoms with Crippen molar-refractivity contribution >= 4 is 17.5 Å². The van der Waals surface area contributed by atoms with Crippen molar-refractivity contribution in [3.8, 4) is 5.75 Å². The fraction of sp³-hybridized carbons (Fsp3) is 0.467. The number of benzene rings is 1. The molecule has 2 amide bonds. The second kappa shape index (κ2) is 4.08. The fourth-order valence-corrected chi connectivity index (χ4v) is 3.37. The summed E-state index contributed by atoms with van der Waals surface area (Å²) < 4.78 is 0. The van der Waals surface area contributed by atoms with Crippen LogP contribution in [0, 0.1) is 12.3 Å². The first-order valence-electron chi connectivity index (χ1n) is 6.70. The van der Waals surface area contributed by atoms with Gasteiger partial charge >= 0.3 is 0 Å². The molecule has 2 fully saturated rings. The molecule has 1 aliphatic carbocycles. The monoisotopic (exact) mass is 259 g/mol. The summed E-state index contributed by atoms with van der Waals surface area (Å²) in [7, 11) is 0. The lowest BCUT2D eigenvalue weighted by molar-refractivity contribution is -0.125. The maximum Gasteiger partial charge on any atom is 0.240 e. The quantitative estimate of drug-likeness (QED) is 0.788. The summed E-state index contributed by atoms with van der Waals surface area (Å²) in [6.45, 7) is 1.80. The topological polar surface area (TPSA) is 57.6 Å². The van der Waals surface area contributed by atoms with E-state index in [4.69, 9.17) is 0 Å². The van der Waals surface area contributed by atoms with Crippen molar-refractivity contribution in [2.24, 2.45) is 5.41 Å². The van der Waals surface area contributed by atoms with Crippen molar-refractivity contribution in [2.75, 3.05) is 4.90 Å². The molecule has 100 valence electrons. The van der Waals surface area contributed by atoms with Gasteiger partial charge in [-0.3, -0.25) is 9.59 Å². The highest BCUT2D eigenvalue weighted by Crippen LogP contribution is 2.48. The van der Waals surface area contributed by atoms with E-state index in [0.29, 0.717) is 12.1 Å². The van der Waals surface area contributed by atoms with Gasteiger partial charge < -0.3 is 5.11 Å². The van der Waals surface area contributed by atoms with Gasteiger partial charge in [-0.1, -0.05) is 12.8 Å². The number of carbonyl (C=O) groups excluding carboxylic acids is 2. The number of imide groups is 1. The maximum absolute atomic E-state index is 12.6. The Balaban J connectivity index is 2.01. The number of nitrogens with zero attached hydrogens (tertiary/aromatic N) is 1. The average Bonchev–Trinajstić information content (AvgIpc) is 2.89. The molecule has 19 heavy (non-hydrogen) atoms. The first-order chi connectivity index (χ1) is 9.03. The van der Waals surface area contributed by atoms with Crippen LogP contribution in [-0.4, -0.2) is 16.9 Å². The van der Waals surface area contributed by atoms with Crippen molar-refractivity contribution < 1.29 is 14.7 Å². The summed E-state index contributed by atoms with van der Waals surface area (Å²) >= 11 is 0. The van der Waals surface area contributed by atoms with Gasteiger partial charge in [-0.05, 0) is 43.5 Å². The molecule has 1 N–H and O–H groups in total. The molecule has 0 radical (unpaired) electrons. The second-order valence-electron chi connectivity index (χ2n) is 5.67. The molecule has 2 aliphatic rings. The molecule has 4 heteroatoms. The average molecular weight is 259 g/mol. The summed E-state index contributed by atoms with van der Waals surface area (Å²) in [5.74, 6) is -0.0135. The van der Waals surface area contributed by atoms with E-state index >= 15 is 0 Å². The molecular formula is C15H17NO3. The van der Waals surface area contributed by atoms with E-state index in [0.717, 1.165) is 31.2 Å². The molecule has 1 spiro atoms. The van der Waals surface area contributed by atoms with Crippen LogP contribution in [0.4, 0.5) is 5.69 Å². The lowest BCUT2D eigenvalue weighted by Gasteiger charge is -2.22. The van der Waals surface area contributed by atoms with Crippen molar-refractivity contribution in [1.29, 1.82) is 0 Å². The number of phenols is 1. The number of amides is 2. The van der Waals surface area contributed by atoms with Gasteiger partial charge in [0, 0.05) is 6.42 Å². The van der Waals surface area contributed by atoms with Crippen molar-refractivity contribution in [1.82, 2.24) is 0 Å². The Bertz CT molecular complexity index is 559. The van der Waals surface area contributed by atoms with Crippen LogP contribution in [-0.2, 0) is 9.59 Å². The molecule has 1 aliphatic heterocycles. The highest BCUT2D eigenvalue weighted by molar-refractivity contribution is 6.23. The van der Waals surface area contributed by atoms with Crippen LogP contribution in [0.5, 0.6) is 5.75 Å². The molecule has 0 unspecified atom stereocenters. The lowest BCUT2D eigenvalue weighted by atomic mass is 9.84. The van der Waals surface area contributed by atoms with E-state index in [1.165, 1.54) is 11.0 Å². The SMILES string of the molecule is Cc1cc(O)ccc1N1C(=O)CC2(CCCC2)C1=O. The first-order valence-corrected chi connectivity index (χ1v) is 6.70. The van der Waals surface area contributed by atoms with E-state index < -0.39 is 5.41 Å². The predicted molar refractivity (Wildman–Crippen MR) is 70.9 cm³/mol. The summed E-state index contributed by atoms with van der Waals surface area (Å²) in [4.78, 5) is 26.2. The Labute approximate surface area is 112 Å². The van der Waals surface area contributed by atoms with E-state index in [2.05, 4.69) is 0 Å². The Morgan fingerprint density at radius 2 is 1.89 bits per heavy atom. The highest BCUT2D eigenvalue weighted by Gasteiger charge is 2.53. The number of aromatic hydroxyl groups is 1. The third-order valence-electron chi connectivity index (χ3n) is 4.38. The van der Waals surface area contributed by atoms with Gasteiger partial charge in [-0.2, -0.15) is 0 Å². The number of rotatable bonds is 1. The lowest BCUT2D eigenvalue weighted by Crippen LogP contribution is -2.34. The smallest absolute Gasteiger partial charge is 0.240 e. The number of hydrogen-bond acceptors (Lipinski definition) is 3. The van der Waals surface area contributed by atoms with Gasteiger partial charge in [-0.25, -0.2) is 4.90 Å². The summed E-state index contributed by atoms with van der Waals surface area (Å²) in [6, 6.07) is 4.74. The third-order valence-corrected chi connectivity index (χ3v) is 4.38. The van der Waals surface area contributed by atoms with Crippen molar-refractivity contribution in [3.63, 3.8) is 0 Å². The Morgan fingerprint density at radius 1 is 1.21 bits per heavy atom. The van der Waals surface area contributed by atoms with Crippen LogP contribution in [0.2, 0.25) is 0 Å². The largest absolute Gasteiger partial charge is 0.508 e. The Kier molecular flexibility index (Phi) is 2.62. The molecule has 3 rings (SSSR count). The van der Waals surface area contributed by atoms with Gasteiger partial charge in [0.15, 0.2) is 0 Å². The summed E-state index contributed by atoms with van der Waals surface area (Å²) in [5, 5.41) is 9.43. The van der Waals surface area contributed by atoms with Gasteiger partial charge in [0.25, 0.3) is 0 Å². The molecular weight excluding hydrogens is 242 g/mol. The molecule has 0 atom stereocenters. The summed E-state index contributed by atoms with van der Waals surface area (Å²) in [5.41, 5.74) is 0.912. The molecule has 1 aromatic rings. The number of phenolic OH excluding ortho intramolecular Hbond substituents is 1. The van der Waals surface area contributed by atoms with Gasteiger partial charge in [0.2, 0.25) is 11.8 Å². The first kappa shape index (κ1) is 12.2. The standard InChI is InChI=1S/C15H17NO3/c1-10-8-11(17)4-5-12(10)16-13(18)9-15(14(16)19)6-2-3-7-15/h4-5,8,17H,2-3,6-7,9H2,1H3. The van der Waals surface area contributed by atoms with E-state index in [1.54, 1.807) is 19.1 Å². The third kappa shape index (κ3) is 1.74. The minimum atomic E-state index is -0.443. The minimum absolute atomic E-state index is 0.0520. The predicted octanol–water partition coefficient (Wildman–Crippen LogP) is 2.52. The van der Waals surface area contributed by atoms with E-state index in [1.807, 2.05) is 0 Å². The Morgan fingerprint density at radius 3 is 2.53 bits per heavy atom. The van der Waals surface area contributed by atoms with E-state index in [-0.39, 0.29) is 17.6 Å². The fourth-order valence-electron chi connectivity index (χ4n) is 3.37. The molecule has 1 saturated carbocycles. The summed E-state index contributed by atoms with van der Waals surface area (Å²) in [6.07, 6.45) is 4.05. The van der Waals surface area contributed by atoms with Crippen molar-refractivity contribution in [3.05, 3.63) is 23.8 Å². The zero-order valence-electron chi connectivity index (χ0n) is 11.0. The van der Waals surface area contributed by atoms with Crippen LogP contribution in [0.3, 0.4) is 0 Å². The molecule has 0 aromatic heterocycles. The zero-order valence-corrected chi connectivity index (χ0v) is 11.0.